The maximum Gasteiger partial charge on any atom is 0.259 e. The molecule has 26 heavy (non-hydrogen) atoms. The lowest BCUT2D eigenvalue weighted by molar-refractivity contribution is 0.0744. The minimum Gasteiger partial charge on any atom is -0.333 e. The molecule has 2 amide bonds. The van der Waals surface area contributed by atoms with Crippen LogP contribution in [0.2, 0.25) is 0 Å². The molecule has 1 aliphatic rings. The Morgan fingerprint density at radius 1 is 1.12 bits per heavy atom. The van der Waals surface area contributed by atoms with Crippen LogP contribution in [0.15, 0.2) is 53.4 Å². The Morgan fingerprint density at radius 3 is 2.73 bits per heavy atom. The molecule has 1 N–H and O–H groups in total. The van der Waals surface area contributed by atoms with Crippen LogP contribution >= 0.6 is 11.3 Å². The number of amides is 2. The number of hydrogen-bond acceptors (Lipinski definition) is 4. The summed E-state index contributed by atoms with van der Waals surface area (Å²) in [5.41, 5.74) is 2.72. The van der Waals surface area contributed by atoms with Gasteiger partial charge in [-0.05, 0) is 30.0 Å². The van der Waals surface area contributed by atoms with E-state index >= 15 is 0 Å². The Labute approximate surface area is 155 Å². The number of para-hydroxylation sites is 1. The molecule has 0 saturated carbocycles. The summed E-state index contributed by atoms with van der Waals surface area (Å²) in [6.07, 6.45) is 2.40. The van der Waals surface area contributed by atoms with Gasteiger partial charge in [-0.15, -0.1) is 0 Å². The molecule has 0 unspecified atom stereocenters. The van der Waals surface area contributed by atoms with Crippen LogP contribution in [0.3, 0.4) is 0 Å². The molecule has 0 spiro atoms. The summed E-state index contributed by atoms with van der Waals surface area (Å²) in [4.78, 5) is 27.2. The van der Waals surface area contributed by atoms with E-state index in [4.69, 9.17) is 0 Å². The average molecular weight is 366 g/mol. The molecule has 0 bridgehead atoms. The number of hydrogen-bond donors (Lipinski definition) is 1. The first kappa shape index (κ1) is 16.5. The van der Waals surface area contributed by atoms with Crippen molar-refractivity contribution in [2.24, 2.45) is 0 Å². The highest BCUT2D eigenvalue weighted by Crippen LogP contribution is 2.20. The molecule has 2 aromatic heterocycles. The number of benzene rings is 1. The van der Waals surface area contributed by atoms with Crippen LogP contribution in [0.25, 0.3) is 0 Å². The van der Waals surface area contributed by atoms with Gasteiger partial charge in [0.2, 0.25) is 0 Å². The third-order valence-electron chi connectivity index (χ3n) is 4.42. The molecule has 1 aromatic carbocycles. The molecule has 6 nitrogen and oxygen atoms in total. The van der Waals surface area contributed by atoms with Gasteiger partial charge >= 0.3 is 0 Å². The number of nitrogens with zero attached hydrogens (tertiary/aromatic N) is 3. The van der Waals surface area contributed by atoms with Crippen LogP contribution in [0.4, 0.5) is 5.69 Å². The molecule has 7 heteroatoms. The number of aromatic nitrogens is 2. The number of rotatable bonds is 3. The number of carbonyl (C=O) groups is 2. The maximum atomic E-state index is 12.7. The highest BCUT2D eigenvalue weighted by atomic mass is 32.1. The van der Waals surface area contributed by atoms with Crippen LogP contribution in [-0.2, 0) is 13.1 Å². The SMILES string of the molecule is O=C(Nc1ccccc1)c1cnn2c1CN(C(=O)c1ccsc1)CCC2. The van der Waals surface area contributed by atoms with Gasteiger partial charge in [0, 0.05) is 24.2 Å². The lowest BCUT2D eigenvalue weighted by atomic mass is 10.2. The van der Waals surface area contributed by atoms with E-state index < -0.39 is 0 Å². The Balaban J connectivity index is 1.58. The third-order valence-corrected chi connectivity index (χ3v) is 5.10. The Kier molecular flexibility index (Phi) is 4.53. The number of anilines is 1. The van der Waals surface area contributed by atoms with Crippen molar-refractivity contribution in [1.29, 1.82) is 0 Å². The van der Waals surface area contributed by atoms with Crippen molar-refractivity contribution in [2.75, 3.05) is 11.9 Å². The number of thiophene rings is 1. The van der Waals surface area contributed by atoms with Crippen LogP contribution in [0.1, 0.15) is 32.8 Å². The van der Waals surface area contributed by atoms with Gasteiger partial charge in [0.25, 0.3) is 11.8 Å². The quantitative estimate of drug-likeness (QED) is 0.774. The molecular formula is C19H18N4O2S. The summed E-state index contributed by atoms with van der Waals surface area (Å²) in [6.45, 7) is 1.73. The molecule has 4 rings (SSSR count). The normalized spacial score (nSPS) is 13.8. The van der Waals surface area contributed by atoms with E-state index in [0.29, 0.717) is 30.8 Å². The maximum absolute atomic E-state index is 12.7. The molecule has 0 saturated heterocycles. The first-order valence-corrected chi connectivity index (χ1v) is 9.39. The molecule has 132 valence electrons. The summed E-state index contributed by atoms with van der Waals surface area (Å²) in [6, 6.07) is 11.2. The fourth-order valence-corrected chi connectivity index (χ4v) is 3.72. The number of nitrogens with one attached hydrogen (secondary N) is 1. The zero-order valence-electron chi connectivity index (χ0n) is 14.1. The molecule has 3 aromatic rings. The molecule has 0 aliphatic carbocycles. The molecular weight excluding hydrogens is 348 g/mol. The fourth-order valence-electron chi connectivity index (χ4n) is 3.09. The second-order valence-corrected chi connectivity index (χ2v) is 6.92. The molecule has 3 heterocycles. The molecule has 1 aliphatic heterocycles. The van der Waals surface area contributed by atoms with Crippen molar-refractivity contribution in [3.8, 4) is 0 Å². The summed E-state index contributed by atoms with van der Waals surface area (Å²) < 4.78 is 1.83. The Bertz CT molecular complexity index is 918. The lowest BCUT2D eigenvalue weighted by Crippen LogP contribution is -2.31. The average Bonchev–Trinajstić information content (AvgIpc) is 3.28. The number of fused-ring (bicyclic) bond motifs is 1. The van der Waals surface area contributed by atoms with Crippen molar-refractivity contribution < 1.29 is 9.59 Å². The number of carbonyl (C=O) groups excluding carboxylic acids is 2. The zero-order valence-corrected chi connectivity index (χ0v) is 14.9. The Morgan fingerprint density at radius 2 is 1.96 bits per heavy atom. The van der Waals surface area contributed by atoms with Crippen molar-refractivity contribution in [3.63, 3.8) is 0 Å². The predicted octanol–water partition coefficient (Wildman–Crippen LogP) is 3.24. The van der Waals surface area contributed by atoms with Crippen molar-refractivity contribution >= 4 is 28.8 Å². The van der Waals surface area contributed by atoms with E-state index in [2.05, 4.69) is 10.4 Å². The van der Waals surface area contributed by atoms with Gasteiger partial charge in [-0.2, -0.15) is 16.4 Å². The molecule has 0 radical (unpaired) electrons. The fraction of sp³-hybridized carbons (Fsp3) is 0.211. The summed E-state index contributed by atoms with van der Waals surface area (Å²) in [5, 5.41) is 11.0. The summed E-state index contributed by atoms with van der Waals surface area (Å²) >= 11 is 1.50. The van der Waals surface area contributed by atoms with Crippen LogP contribution in [-0.4, -0.2) is 33.0 Å². The van der Waals surface area contributed by atoms with Crippen molar-refractivity contribution in [2.45, 2.75) is 19.5 Å². The van der Waals surface area contributed by atoms with Crippen LogP contribution in [0, 0.1) is 0 Å². The van der Waals surface area contributed by atoms with E-state index in [0.717, 1.165) is 17.8 Å². The van der Waals surface area contributed by atoms with Crippen molar-refractivity contribution in [1.82, 2.24) is 14.7 Å². The first-order chi connectivity index (χ1) is 12.7. The van der Waals surface area contributed by atoms with Gasteiger partial charge in [-0.1, -0.05) is 18.2 Å². The topological polar surface area (TPSA) is 67.2 Å². The highest BCUT2D eigenvalue weighted by molar-refractivity contribution is 7.08. The van der Waals surface area contributed by atoms with E-state index in [1.807, 2.05) is 51.8 Å². The second-order valence-electron chi connectivity index (χ2n) is 6.14. The summed E-state index contributed by atoms with van der Waals surface area (Å²) in [7, 11) is 0. The third kappa shape index (κ3) is 3.25. The minimum atomic E-state index is -0.206. The van der Waals surface area contributed by atoms with Crippen LogP contribution < -0.4 is 5.32 Å². The van der Waals surface area contributed by atoms with Gasteiger partial charge in [0.15, 0.2) is 0 Å². The molecule has 0 atom stereocenters. The van der Waals surface area contributed by atoms with Crippen LogP contribution in [0.5, 0.6) is 0 Å². The predicted molar refractivity (Wildman–Crippen MR) is 100 cm³/mol. The summed E-state index contributed by atoms with van der Waals surface area (Å²) in [5.74, 6) is -0.211. The first-order valence-electron chi connectivity index (χ1n) is 8.45. The van der Waals surface area contributed by atoms with E-state index in [-0.39, 0.29) is 11.8 Å². The highest BCUT2D eigenvalue weighted by Gasteiger charge is 2.25. The van der Waals surface area contributed by atoms with Crippen molar-refractivity contribution in [3.05, 3.63) is 70.2 Å². The van der Waals surface area contributed by atoms with E-state index in [1.165, 1.54) is 11.3 Å². The Hall–Kier alpha value is -2.93. The van der Waals surface area contributed by atoms with Gasteiger partial charge in [0.05, 0.1) is 29.6 Å². The van der Waals surface area contributed by atoms with Gasteiger partial charge in [-0.3, -0.25) is 14.3 Å². The smallest absolute Gasteiger partial charge is 0.259 e. The minimum absolute atomic E-state index is 0.00434. The second kappa shape index (κ2) is 7.13. The van der Waals surface area contributed by atoms with E-state index in [9.17, 15) is 9.59 Å². The molecule has 0 fully saturated rings. The van der Waals surface area contributed by atoms with E-state index in [1.54, 1.807) is 11.1 Å². The number of aryl methyl sites for hydroxylation is 1. The monoisotopic (exact) mass is 366 g/mol. The standard InChI is InChI=1S/C19H18N4O2S/c24-18(21-15-5-2-1-3-6-15)16-11-20-23-9-4-8-22(12-17(16)23)19(25)14-7-10-26-13-14/h1-3,5-7,10-11,13H,4,8-9,12H2,(H,21,24). The lowest BCUT2D eigenvalue weighted by Gasteiger charge is -2.20. The zero-order chi connectivity index (χ0) is 17.9. The largest absolute Gasteiger partial charge is 0.333 e. The van der Waals surface area contributed by atoms with Gasteiger partial charge in [0.1, 0.15) is 0 Å². The van der Waals surface area contributed by atoms with Gasteiger partial charge < -0.3 is 10.2 Å². The van der Waals surface area contributed by atoms with Gasteiger partial charge in [-0.25, -0.2) is 0 Å².